The van der Waals surface area contributed by atoms with Crippen molar-refractivity contribution in [2.24, 2.45) is 0 Å². The van der Waals surface area contributed by atoms with E-state index in [0.29, 0.717) is 5.56 Å². The Morgan fingerprint density at radius 1 is 0.931 bits per heavy atom. The lowest BCUT2D eigenvalue weighted by Gasteiger charge is -2.48. The average molecular weight is 392 g/mol. The summed E-state index contributed by atoms with van der Waals surface area (Å²) in [6.07, 6.45) is 4.76. The quantitative estimate of drug-likeness (QED) is 0.800. The van der Waals surface area contributed by atoms with E-state index in [9.17, 15) is 9.59 Å². The standard InChI is InChI=1S/C24H29N3O2/c1-16-10-12-18(13-11-16)23(28)25-19-14-20-7-5-8-21(15-19)27(20)24(29)26-22-9-4-3-6-17(22)2/h3-4,6,9-13,19-21H,5,7-8,14-15H2,1-2H3,(H,25,28)(H,26,29)/t20-,21-/m0/s1. The molecule has 3 amide bonds. The van der Waals surface area contributed by atoms with Gasteiger partial charge in [0, 0.05) is 29.4 Å². The van der Waals surface area contributed by atoms with Crippen LogP contribution in [0.4, 0.5) is 10.5 Å². The molecule has 2 bridgehead atoms. The number of para-hydroxylation sites is 1. The van der Waals surface area contributed by atoms with Crippen LogP contribution in [0.25, 0.3) is 0 Å². The molecule has 0 saturated carbocycles. The zero-order chi connectivity index (χ0) is 20.4. The van der Waals surface area contributed by atoms with Crippen LogP contribution < -0.4 is 10.6 Å². The molecule has 0 spiro atoms. The molecule has 2 aromatic rings. The molecule has 2 fully saturated rings. The van der Waals surface area contributed by atoms with Crippen molar-refractivity contribution in [3.63, 3.8) is 0 Å². The molecule has 0 radical (unpaired) electrons. The van der Waals surface area contributed by atoms with Crippen molar-refractivity contribution in [1.82, 2.24) is 10.2 Å². The van der Waals surface area contributed by atoms with Crippen LogP contribution in [0.2, 0.25) is 0 Å². The molecule has 29 heavy (non-hydrogen) atoms. The second-order valence-corrected chi connectivity index (χ2v) is 8.40. The van der Waals surface area contributed by atoms with E-state index in [1.807, 2.05) is 67.3 Å². The Kier molecular flexibility index (Phi) is 5.56. The number of fused-ring (bicyclic) bond motifs is 2. The highest BCUT2D eigenvalue weighted by Crippen LogP contribution is 2.35. The summed E-state index contributed by atoms with van der Waals surface area (Å²) in [5.74, 6) is -0.0223. The van der Waals surface area contributed by atoms with Gasteiger partial charge in [0.25, 0.3) is 5.91 Å². The number of hydrogen-bond acceptors (Lipinski definition) is 2. The maximum atomic E-state index is 13.0. The predicted molar refractivity (Wildman–Crippen MR) is 115 cm³/mol. The molecule has 5 heteroatoms. The number of hydrogen-bond donors (Lipinski definition) is 2. The molecule has 2 saturated heterocycles. The van der Waals surface area contributed by atoms with Crippen LogP contribution in [0, 0.1) is 13.8 Å². The second kappa shape index (κ2) is 8.27. The van der Waals surface area contributed by atoms with Crippen molar-refractivity contribution < 1.29 is 9.59 Å². The lowest BCUT2D eigenvalue weighted by molar-refractivity contribution is 0.0577. The molecule has 0 aromatic heterocycles. The number of piperidine rings is 2. The van der Waals surface area contributed by atoms with Gasteiger partial charge in [0.05, 0.1) is 0 Å². The summed E-state index contributed by atoms with van der Waals surface area (Å²) < 4.78 is 0. The number of nitrogens with one attached hydrogen (secondary N) is 2. The van der Waals surface area contributed by atoms with Crippen molar-refractivity contribution in [3.8, 4) is 0 Å². The third kappa shape index (κ3) is 4.29. The van der Waals surface area contributed by atoms with Gasteiger partial charge in [0.15, 0.2) is 0 Å². The van der Waals surface area contributed by atoms with Crippen molar-refractivity contribution in [3.05, 3.63) is 65.2 Å². The van der Waals surface area contributed by atoms with Gasteiger partial charge in [-0.1, -0.05) is 35.9 Å². The second-order valence-electron chi connectivity index (χ2n) is 8.40. The Balaban J connectivity index is 1.42. The molecule has 5 nitrogen and oxygen atoms in total. The van der Waals surface area contributed by atoms with Crippen molar-refractivity contribution in [1.29, 1.82) is 0 Å². The number of amides is 3. The lowest BCUT2D eigenvalue weighted by atomic mass is 9.82. The van der Waals surface area contributed by atoms with Gasteiger partial charge in [0.1, 0.15) is 0 Å². The smallest absolute Gasteiger partial charge is 0.322 e. The number of benzene rings is 2. The zero-order valence-electron chi connectivity index (χ0n) is 17.2. The van der Waals surface area contributed by atoms with Gasteiger partial charge >= 0.3 is 6.03 Å². The number of carbonyl (C=O) groups excluding carboxylic acids is 2. The summed E-state index contributed by atoms with van der Waals surface area (Å²) in [5, 5.41) is 6.30. The molecular weight excluding hydrogens is 362 g/mol. The van der Waals surface area contributed by atoms with Gasteiger partial charge in [-0.15, -0.1) is 0 Å². The van der Waals surface area contributed by atoms with Crippen molar-refractivity contribution >= 4 is 17.6 Å². The molecule has 2 heterocycles. The first-order valence-electron chi connectivity index (χ1n) is 10.5. The number of urea groups is 1. The Bertz CT molecular complexity index is 879. The number of anilines is 1. The predicted octanol–water partition coefficient (Wildman–Crippen LogP) is 4.65. The fourth-order valence-corrected chi connectivity index (χ4v) is 4.70. The topological polar surface area (TPSA) is 61.4 Å². The highest BCUT2D eigenvalue weighted by molar-refractivity contribution is 5.94. The lowest BCUT2D eigenvalue weighted by Crippen LogP contribution is -2.59. The summed E-state index contributed by atoms with van der Waals surface area (Å²) in [6.45, 7) is 4.02. The molecule has 152 valence electrons. The van der Waals surface area contributed by atoms with E-state index < -0.39 is 0 Å². The van der Waals surface area contributed by atoms with E-state index in [-0.39, 0.29) is 30.1 Å². The van der Waals surface area contributed by atoms with Crippen molar-refractivity contribution in [2.75, 3.05) is 5.32 Å². The maximum Gasteiger partial charge on any atom is 0.322 e. The van der Waals surface area contributed by atoms with Gasteiger partial charge in [-0.3, -0.25) is 4.79 Å². The van der Waals surface area contributed by atoms with E-state index in [1.165, 1.54) is 0 Å². The summed E-state index contributed by atoms with van der Waals surface area (Å²) in [5.41, 5.74) is 3.76. The largest absolute Gasteiger partial charge is 0.349 e. The molecule has 2 aromatic carbocycles. The first kappa shape index (κ1) is 19.5. The van der Waals surface area contributed by atoms with Crippen LogP contribution in [0.15, 0.2) is 48.5 Å². The van der Waals surface area contributed by atoms with Gasteiger partial charge in [-0.25, -0.2) is 4.79 Å². The fraction of sp³-hybridized carbons (Fsp3) is 0.417. The van der Waals surface area contributed by atoms with E-state index >= 15 is 0 Å². The molecule has 0 unspecified atom stereocenters. The monoisotopic (exact) mass is 391 g/mol. The van der Waals surface area contributed by atoms with Gasteiger partial charge in [-0.2, -0.15) is 0 Å². The zero-order valence-corrected chi connectivity index (χ0v) is 17.2. The number of nitrogens with zero attached hydrogens (tertiary/aromatic N) is 1. The van der Waals surface area contributed by atoms with Crippen LogP contribution in [-0.4, -0.2) is 35.0 Å². The minimum atomic E-state index is -0.0223. The first-order valence-corrected chi connectivity index (χ1v) is 10.5. The van der Waals surface area contributed by atoms with E-state index in [1.54, 1.807) is 0 Å². The molecule has 2 N–H and O–H groups in total. The first-order chi connectivity index (χ1) is 14.0. The van der Waals surface area contributed by atoms with Crippen LogP contribution in [0.1, 0.15) is 53.6 Å². The molecule has 2 aliphatic heterocycles. The number of rotatable bonds is 3. The molecular formula is C24H29N3O2. The summed E-state index contributed by atoms with van der Waals surface area (Å²) >= 11 is 0. The molecule has 2 atom stereocenters. The third-order valence-corrected chi connectivity index (χ3v) is 6.24. The minimum Gasteiger partial charge on any atom is -0.349 e. The van der Waals surface area contributed by atoms with E-state index in [4.69, 9.17) is 0 Å². The summed E-state index contributed by atoms with van der Waals surface area (Å²) in [4.78, 5) is 27.7. The van der Waals surface area contributed by atoms with Crippen LogP contribution in [0.3, 0.4) is 0 Å². The molecule has 4 rings (SSSR count). The average Bonchev–Trinajstić information content (AvgIpc) is 2.69. The maximum absolute atomic E-state index is 13.0. The Morgan fingerprint density at radius 3 is 2.24 bits per heavy atom. The Hall–Kier alpha value is -2.82. The Morgan fingerprint density at radius 2 is 1.59 bits per heavy atom. The normalized spacial score (nSPS) is 23.4. The van der Waals surface area contributed by atoms with E-state index in [2.05, 4.69) is 10.6 Å². The molecule has 0 aliphatic carbocycles. The van der Waals surface area contributed by atoms with Crippen LogP contribution in [0.5, 0.6) is 0 Å². The van der Waals surface area contributed by atoms with Gasteiger partial charge < -0.3 is 15.5 Å². The van der Waals surface area contributed by atoms with Crippen LogP contribution >= 0.6 is 0 Å². The van der Waals surface area contributed by atoms with Gasteiger partial charge in [-0.05, 0) is 69.7 Å². The number of aryl methyl sites for hydroxylation is 2. The highest BCUT2D eigenvalue weighted by atomic mass is 16.2. The summed E-state index contributed by atoms with van der Waals surface area (Å²) in [6, 6.07) is 16.0. The number of carbonyl (C=O) groups is 2. The fourth-order valence-electron chi connectivity index (χ4n) is 4.70. The third-order valence-electron chi connectivity index (χ3n) is 6.24. The minimum absolute atomic E-state index is 0.0164. The SMILES string of the molecule is Cc1ccc(C(=O)NC2C[C@@H]3CCC[C@@H](C2)N3C(=O)Nc2ccccc2C)cc1. The van der Waals surface area contributed by atoms with Gasteiger partial charge in [0.2, 0.25) is 0 Å². The Labute approximate surface area is 172 Å². The summed E-state index contributed by atoms with van der Waals surface area (Å²) in [7, 11) is 0. The van der Waals surface area contributed by atoms with Crippen molar-refractivity contribution in [2.45, 2.75) is 64.1 Å². The van der Waals surface area contributed by atoms with Crippen LogP contribution in [-0.2, 0) is 0 Å². The molecule has 2 aliphatic rings. The van der Waals surface area contributed by atoms with E-state index in [0.717, 1.165) is 48.9 Å². The highest BCUT2D eigenvalue weighted by Gasteiger charge is 2.41.